The molecule has 1 aromatic heterocycles. The van der Waals surface area contributed by atoms with Crippen molar-refractivity contribution >= 4 is 5.91 Å². The molecule has 1 aliphatic heterocycles. The summed E-state index contributed by atoms with van der Waals surface area (Å²) in [7, 11) is 0. The highest BCUT2D eigenvalue weighted by Crippen LogP contribution is 2.13. The van der Waals surface area contributed by atoms with Crippen molar-refractivity contribution in [3.63, 3.8) is 0 Å². The maximum atomic E-state index is 11.7. The molecule has 0 aromatic carbocycles. The number of nitrogens with one attached hydrogen (secondary N) is 2. The molecule has 2 N–H and O–H groups in total. The minimum atomic E-state index is 0.101. The number of hydrogen-bond acceptors (Lipinski definition) is 4. The van der Waals surface area contributed by atoms with Crippen LogP contribution in [0.5, 0.6) is 0 Å². The third-order valence-electron chi connectivity index (χ3n) is 3.24. The number of amides is 1. The van der Waals surface area contributed by atoms with Crippen LogP contribution in [0.3, 0.4) is 0 Å². The highest BCUT2D eigenvalue weighted by molar-refractivity contribution is 5.75. The number of carbonyl (C=O) groups is 1. The van der Waals surface area contributed by atoms with Gasteiger partial charge in [-0.3, -0.25) is 14.8 Å². The molecule has 0 spiro atoms. The molecule has 1 amide bonds. The van der Waals surface area contributed by atoms with Crippen LogP contribution in [0.2, 0.25) is 0 Å². The highest BCUT2D eigenvalue weighted by atomic mass is 16.1. The van der Waals surface area contributed by atoms with Crippen molar-refractivity contribution < 1.29 is 4.79 Å². The van der Waals surface area contributed by atoms with E-state index in [1.54, 1.807) is 12.4 Å². The number of nitrogens with zero attached hydrogens (tertiary/aromatic N) is 2. The van der Waals surface area contributed by atoms with Crippen molar-refractivity contribution in [3.05, 3.63) is 23.8 Å². The molecule has 1 saturated heterocycles. The number of rotatable bonds is 5. The molecule has 5 nitrogen and oxygen atoms in total. The normalized spacial score (nSPS) is 18.8. The highest BCUT2D eigenvalue weighted by Gasteiger charge is 2.15. The minimum absolute atomic E-state index is 0.101. The molecule has 1 aliphatic rings. The smallest absolute Gasteiger partial charge is 0.220 e. The van der Waals surface area contributed by atoms with Gasteiger partial charge in [-0.15, -0.1) is 0 Å². The second kappa shape index (κ2) is 6.44. The van der Waals surface area contributed by atoms with Crippen molar-refractivity contribution in [1.82, 2.24) is 20.6 Å². The van der Waals surface area contributed by atoms with Crippen LogP contribution in [-0.4, -0.2) is 29.0 Å². The van der Waals surface area contributed by atoms with Gasteiger partial charge in [0.05, 0.1) is 24.1 Å². The Kier molecular flexibility index (Phi) is 4.64. The van der Waals surface area contributed by atoms with Gasteiger partial charge in [0.15, 0.2) is 0 Å². The first-order valence-electron chi connectivity index (χ1n) is 6.49. The zero-order valence-electron chi connectivity index (χ0n) is 10.8. The lowest BCUT2D eigenvalue weighted by Crippen LogP contribution is -2.24. The molecule has 5 heteroatoms. The number of carbonyl (C=O) groups excluding carboxylic acids is 1. The maximum Gasteiger partial charge on any atom is 0.220 e. The van der Waals surface area contributed by atoms with E-state index in [9.17, 15) is 4.79 Å². The van der Waals surface area contributed by atoms with Crippen LogP contribution in [-0.2, 0) is 11.3 Å². The first-order chi connectivity index (χ1) is 8.74. The lowest BCUT2D eigenvalue weighted by Gasteiger charge is -2.08. The second-order valence-electron chi connectivity index (χ2n) is 4.82. The fourth-order valence-corrected chi connectivity index (χ4v) is 2.08. The van der Waals surface area contributed by atoms with Gasteiger partial charge in [0.25, 0.3) is 0 Å². The third kappa shape index (κ3) is 4.07. The van der Waals surface area contributed by atoms with Gasteiger partial charge in [-0.2, -0.15) is 0 Å². The van der Waals surface area contributed by atoms with Crippen LogP contribution in [0.1, 0.15) is 30.7 Å². The zero-order chi connectivity index (χ0) is 12.8. The Morgan fingerprint density at radius 3 is 3.06 bits per heavy atom. The largest absolute Gasteiger partial charge is 0.350 e. The predicted molar refractivity (Wildman–Crippen MR) is 68.8 cm³/mol. The van der Waals surface area contributed by atoms with E-state index in [0.717, 1.165) is 30.9 Å². The van der Waals surface area contributed by atoms with Crippen molar-refractivity contribution in [2.45, 2.75) is 32.7 Å². The van der Waals surface area contributed by atoms with Crippen molar-refractivity contribution in [1.29, 1.82) is 0 Å². The SMILES string of the molecule is Cc1cnc(CNC(=O)CCC2CCNC2)cn1. The molecule has 1 atom stereocenters. The van der Waals surface area contributed by atoms with Crippen molar-refractivity contribution in [2.24, 2.45) is 5.92 Å². The average Bonchev–Trinajstić information content (AvgIpc) is 2.89. The fraction of sp³-hybridized carbons (Fsp3) is 0.615. The van der Waals surface area contributed by atoms with Crippen LogP contribution in [0, 0.1) is 12.8 Å². The molecule has 1 unspecified atom stereocenters. The summed E-state index contributed by atoms with van der Waals surface area (Å²) in [4.78, 5) is 20.0. The summed E-state index contributed by atoms with van der Waals surface area (Å²) in [6.07, 6.45) is 6.18. The first kappa shape index (κ1) is 13.0. The van der Waals surface area contributed by atoms with Gasteiger partial charge in [0, 0.05) is 12.6 Å². The molecule has 18 heavy (non-hydrogen) atoms. The molecule has 2 rings (SSSR count). The summed E-state index contributed by atoms with van der Waals surface area (Å²) in [5, 5.41) is 6.19. The molecular weight excluding hydrogens is 228 g/mol. The van der Waals surface area contributed by atoms with Crippen LogP contribution < -0.4 is 10.6 Å². The van der Waals surface area contributed by atoms with E-state index in [0.29, 0.717) is 18.9 Å². The Hall–Kier alpha value is -1.49. The molecule has 0 aliphatic carbocycles. The predicted octanol–water partition coefficient (Wildman–Crippen LogP) is 0.791. The minimum Gasteiger partial charge on any atom is -0.350 e. The summed E-state index contributed by atoms with van der Waals surface area (Å²) in [5.41, 5.74) is 1.69. The first-order valence-corrected chi connectivity index (χ1v) is 6.49. The van der Waals surface area contributed by atoms with Gasteiger partial charge in [-0.05, 0) is 38.8 Å². The van der Waals surface area contributed by atoms with E-state index in [1.165, 1.54) is 6.42 Å². The molecule has 1 aromatic rings. The molecule has 98 valence electrons. The van der Waals surface area contributed by atoms with Crippen molar-refractivity contribution in [3.8, 4) is 0 Å². The summed E-state index contributed by atoms with van der Waals surface area (Å²) in [6.45, 7) is 4.50. The molecule has 1 fully saturated rings. The summed E-state index contributed by atoms with van der Waals surface area (Å²) >= 11 is 0. The van der Waals surface area contributed by atoms with E-state index in [-0.39, 0.29) is 5.91 Å². The number of hydrogen-bond donors (Lipinski definition) is 2. The second-order valence-corrected chi connectivity index (χ2v) is 4.82. The molecule has 0 saturated carbocycles. The monoisotopic (exact) mass is 248 g/mol. The topological polar surface area (TPSA) is 66.9 Å². The Balaban J connectivity index is 1.66. The maximum absolute atomic E-state index is 11.7. The Morgan fingerprint density at radius 1 is 1.50 bits per heavy atom. The Bertz CT molecular complexity index is 384. The molecular formula is C13H20N4O. The van der Waals surface area contributed by atoms with Gasteiger partial charge in [0.2, 0.25) is 5.91 Å². The van der Waals surface area contributed by atoms with Crippen LogP contribution in [0.15, 0.2) is 12.4 Å². The van der Waals surface area contributed by atoms with E-state index < -0.39 is 0 Å². The Labute approximate surface area is 107 Å². The zero-order valence-corrected chi connectivity index (χ0v) is 10.8. The van der Waals surface area contributed by atoms with Crippen LogP contribution >= 0.6 is 0 Å². The molecule has 0 radical (unpaired) electrons. The van der Waals surface area contributed by atoms with Crippen LogP contribution in [0.4, 0.5) is 0 Å². The third-order valence-corrected chi connectivity index (χ3v) is 3.24. The quantitative estimate of drug-likeness (QED) is 0.808. The van der Waals surface area contributed by atoms with E-state index in [4.69, 9.17) is 0 Å². The molecule has 2 heterocycles. The lowest BCUT2D eigenvalue weighted by molar-refractivity contribution is -0.121. The van der Waals surface area contributed by atoms with Gasteiger partial charge in [-0.25, -0.2) is 0 Å². The summed E-state index contributed by atoms with van der Waals surface area (Å²) in [6, 6.07) is 0. The van der Waals surface area contributed by atoms with Gasteiger partial charge < -0.3 is 10.6 Å². The fourth-order valence-electron chi connectivity index (χ4n) is 2.08. The van der Waals surface area contributed by atoms with E-state index >= 15 is 0 Å². The lowest BCUT2D eigenvalue weighted by atomic mass is 10.0. The average molecular weight is 248 g/mol. The number of aryl methyl sites for hydroxylation is 1. The van der Waals surface area contributed by atoms with E-state index in [2.05, 4.69) is 20.6 Å². The van der Waals surface area contributed by atoms with Gasteiger partial charge in [-0.1, -0.05) is 0 Å². The van der Waals surface area contributed by atoms with Gasteiger partial charge >= 0.3 is 0 Å². The van der Waals surface area contributed by atoms with Crippen molar-refractivity contribution in [2.75, 3.05) is 13.1 Å². The standard InChI is InChI=1S/C13H20N4O/c1-10-6-16-12(8-15-10)9-17-13(18)3-2-11-4-5-14-7-11/h6,8,11,14H,2-5,7,9H2,1H3,(H,17,18). The Morgan fingerprint density at radius 2 is 2.39 bits per heavy atom. The van der Waals surface area contributed by atoms with E-state index in [1.807, 2.05) is 6.92 Å². The summed E-state index contributed by atoms with van der Waals surface area (Å²) in [5.74, 6) is 0.763. The van der Waals surface area contributed by atoms with Gasteiger partial charge in [0.1, 0.15) is 0 Å². The summed E-state index contributed by atoms with van der Waals surface area (Å²) < 4.78 is 0. The van der Waals surface area contributed by atoms with Crippen LogP contribution in [0.25, 0.3) is 0 Å². The number of aromatic nitrogens is 2. The molecule has 0 bridgehead atoms.